The first kappa shape index (κ1) is 11.9. The summed E-state index contributed by atoms with van der Waals surface area (Å²) in [4.78, 5) is 13.2. The van der Waals surface area contributed by atoms with Crippen molar-refractivity contribution < 1.29 is 4.79 Å². The van der Waals surface area contributed by atoms with E-state index in [2.05, 4.69) is 17.1 Å². The summed E-state index contributed by atoms with van der Waals surface area (Å²) in [6.07, 6.45) is 0. The van der Waals surface area contributed by atoms with E-state index in [1.54, 1.807) is 6.92 Å². The highest BCUT2D eigenvalue weighted by atomic mass is 16.1. The number of carbonyl (C=O) groups excluding carboxylic acids is 1. The molecule has 4 heteroatoms. The van der Waals surface area contributed by atoms with Crippen molar-refractivity contribution in [1.82, 2.24) is 10.2 Å². The summed E-state index contributed by atoms with van der Waals surface area (Å²) >= 11 is 0. The molecule has 0 saturated heterocycles. The second-order valence-corrected chi connectivity index (χ2v) is 3.04. The Bertz CT molecular complexity index is 198. The molecule has 1 amide bonds. The highest BCUT2D eigenvalue weighted by Gasteiger charge is 2.09. The van der Waals surface area contributed by atoms with Gasteiger partial charge in [0, 0.05) is 13.1 Å². The van der Waals surface area contributed by atoms with Crippen LogP contribution in [-0.2, 0) is 4.79 Å². The average molecular weight is 183 g/mol. The molecule has 0 rings (SSSR count). The number of nitriles is 1. The van der Waals surface area contributed by atoms with Gasteiger partial charge in [-0.1, -0.05) is 6.92 Å². The lowest BCUT2D eigenvalue weighted by Crippen LogP contribution is -2.35. The van der Waals surface area contributed by atoms with E-state index in [-0.39, 0.29) is 5.91 Å². The van der Waals surface area contributed by atoms with Crippen molar-refractivity contribution in [2.45, 2.75) is 13.8 Å². The summed E-state index contributed by atoms with van der Waals surface area (Å²) in [5, 5.41) is 11.1. The molecule has 0 aromatic carbocycles. The Morgan fingerprint density at radius 3 is 2.77 bits per heavy atom. The molecule has 0 aromatic heterocycles. The lowest BCUT2D eigenvalue weighted by atomic mass is 10.2. The van der Waals surface area contributed by atoms with Crippen molar-refractivity contribution in [2.24, 2.45) is 5.92 Å². The molecule has 0 aromatic rings. The van der Waals surface area contributed by atoms with Crippen LogP contribution in [0.1, 0.15) is 13.8 Å². The molecule has 0 aliphatic rings. The number of hydrogen-bond donors (Lipinski definition) is 1. The van der Waals surface area contributed by atoms with E-state index in [1.165, 1.54) is 0 Å². The Morgan fingerprint density at radius 1 is 1.69 bits per heavy atom. The SMILES string of the molecule is CCN(C)CCNC(=O)C(C)C#N. The first-order valence-corrected chi connectivity index (χ1v) is 4.47. The Kier molecular flexibility index (Phi) is 5.90. The summed E-state index contributed by atoms with van der Waals surface area (Å²) in [7, 11) is 1.99. The van der Waals surface area contributed by atoms with Crippen LogP contribution in [0, 0.1) is 17.2 Å². The maximum atomic E-state index is 11.1. The zero-order chi connectivity index (χ0) is 10.3. The molecule has 0 saturated carbocycles. The van der Waals surface area contributed by atoms with Crippen LogP contribution < -0.4 is 5.32 Å². The Balaban J connectivity index is 3.55. The quantitative estimate of drug-likeness (QED) is 0.663. The van der Waals surface area contributed by atoms with Crippen molar-refractivity contribution in [3.05, 3.63) is 0 Å². The minimum atomic E-state index is -0.549. The lowest BCUT2D eigenvalue weighted by molar-refractivity contribution is -0.122. The van der Waals surface area contributed by atoms with Gasteiger partial charge >= 0.3 is 0 Å². The number of hydrogen-bond acceptors (Lipinski definition) is 3. The Hall–Kier alpha value is -1.08. The maximum absolute atomic E-state index is 11.1. The van der Waals surface area contributed by atoms with E-state index >= 15 is 0 Å². The van der Waals surface area contributed by atoms with Crippen LogP contribution >= 0.6 is 0 Å². The van der Waals surface area contributed by atoms with Gasteiger partial charge in [-0.25, -0.2) is 0 Å². The van der Waals surface area contributed by atoms with Gasteiger partial charge in [-0.15, -0.1) is 0 Å². The second kappa shape index (κ2) is 6.44. The van der Waals surface area contributed by atoms with Crippen molar-refractivity contribution in [3.8, 4) is 6.07 Å². The van der Waals surface area contributed by atoms with E-state index in [0.29, 0.717) is 6.54 Å². The summed E-state index contributed by atoms with van der Waals surface area (Å²) < 4.78 is 0. The number of nitrogens with zero attached hydrogens (tertiary/aromatic N) is 2. The third-order valence-corrected chi connectivity index (χ3v) is 1.92. The number of rotatable bonds is 5. The molecule has 1 unspecified atom stereocenters. The van der Waals surface area contributed by atoms with Gasteiger partial charge in [0.1, 0.15) is 5.92 Å². The molecule has 0 heterocycles. The van der Waals surface area contributed by atoms with Gasteiger partial charge in [0.25, 0.3) is 0 Å². The van der Waals surface area contributed by atoms with Crippen LogP contribution in [0.3, 0.4) is 0 Å². The van der Waals surface area contributed by atoms with E-state index in [1.807, 2.05) is 13.1 Å². The van der Waals surface area contributed by atoms with Gasteiger partial charge in [-0.2, -0.15) is 5.26 Å². The topological polar surface area (TPSA) is 56.1 Å². The third-order valence-electron chi connectivity index (χ3n) is 1.92. The van der Waals surface area contributed by atoms with Crippen molar-refractivity contribution in [2.75, 3.05) is 26.7 Å². The van der Waals surface area contributed by atoms with Crippen LogP contribution in [0.4, 0.5) is 0 Å². The standard InChI is InChI=1S/C9H17N3O/c1-4-12(3)6-5-11-9(13)8(2)7-10/h8H,4-6H2,1-3H3,(H,11,13). The molecule has 74 valence electrons. The van der Waals surface area contributed by atoms with Gasteiger partial charge in [0.2, 0.25) is 5.91 Å². The zero-order valence-electron chi connectivity index (χ0n) is 8.50. The summed E-state index contributed by atoms with van der Waals surface area (Å²) in [6.45, 7) is 6.04. The van der Waals surface area contributed by atoms with Crippen molar-refractivity contribution in [3.63, 3.8) is 0 Å². The molecular formula is C9H17N3O. The molecule has 0 radical (unpaired) electrons. The van der Waals surface area contributed by atoms with Crippen LogP contribution in [0.15, 0.2) is 0 Å². The van der Waals surface area contributed by atoms with Crippen molar-refractivity contribution in [1.29, 1.82) is 5.26 Å². The summed E-state index contributed by atoms with van der Waals surface area (Å²) in [5.41, 5.74) is 0. The fourth-order valence-electron chi connectivity index (χ4n) is 0.740. The molecule has 0 aliphatic heterocycles. The number of amides is 1. The zero-order valence-corrected chi connectivity index (χ0v) is 8.50. The molecule has 1 N–H and O–H groups in total. The third kappa shape index (κ3) is 5.21. The fourth-order valence-corrected chi connectivity index (χ4v) is 0.740. The van der Waals surface area contributed by atoms with E-state index in [0.717, 1.165) is 13.1 Å². The Morgan fingerprint density at radius 2 is 2.31 bits per heavy atom. The molecular weight excluding hydrogens is 166 g/mol. The van der Waals surface area contributed by atoms with Gasteiger partial charge in [-0.3, -0.25) is 4.79 Å². The minimum absolute atomic E-state index is 0.188. The number of likely N-dealkylation sites (N-methyl/N-ethyl adjacent to an activating group) is 1. The first-order chi connectivity index (χ1) is 6.11. The summed E-state index contributed by atoms with van der Waals surface area (Å²) in [6, 6.07) is 1.89. The molecule has 0 fully saturated rings. The van der Waals surface area contributed by atoms with Crippen LogP contribution in [0.25, 0.3) is 0 Å². The van der Waals surface area contributed by atoms with E-state index < -0.39 is 5.92 Å². The Labute approximate surface area is 79.5 Å². The molecule has 0 aliphatic carbocycles. The minimum Gasteiger partial charge on any atom is -0.354 e. The summed E-state index contributed by atoms with van der Waals surface area (Å²) in [5.74, 6) is -0.737. The first-order valence-electron chi connectivity index (χ1n) is 4.47. The van der Waals surface area contributed by atoms with Crippen LogP contribution in [0.5, 0.6) is 0 Å². The molecule has 13 heavy (non-hydrogen) atoms. The molecule has 1 atom stereocenters. The molecule has 0 spiro atoms. The predicted octanol–water partition coefficient (Wildman–Crippen LogP) is 0.214. The van der Waals surface area contributed by atoms with E-state index in [9.17, 15) is 4.79 Å². The van der Waals surface area contributed by atoms with Gasteiger partial charge < -0.3 is 10.2 Å². The van der Waals surface area contributed by atoms with Gasteiger partial charge in [0.05, 0.1) is 6.07 Å². The largest absolute Gasteiger partial charge is 0.354 e. The number of nitrogens with one attached hydrogen (secondary N) is 1. The predicted molar refractivity (Wildman–Crippen MR) is 51.0 cm³/mol. The van der Waals surface area contributed by atoms with Gasteiger partial charge in [-0.05, 0) is 20.5 Å². The monoisotopic (exact) mass is 183 g/mol. The fraction of sp³-hybridized carbons (Fsp3) is 0.778. The average Bonchev–Trinajstić information content (AvgIpc) is 2.15. The number of carbonyl (C=O) groups is 1. The highest BCUT2D eigenvalue weighted by molar-refractivity contribution is 5.80. The molecule has 0 bridgehead atoms. The van der Waals surface area contributed by atoms with Crippen LogP contribution in [0.2, 0.25) is 0 Å². The second-order valence-electron chi connectivity index (χ2n) is 3.04. The lowest BCUT2D eigenvalue weighted by Gasteiger charge is -2.14. The van der Waals surface area contributed by atoms with Gasteiger partial charge in [0.15, 0.2) is 0 Å². The molecule has 4 nitrogen and oxygen atoms in total. The maximum Gasteiger partial charge on any atom is 0.237 e. The van der Waals surface area contributed by atoms with E-state index in [4.69, 9.17) is 5.26 Å². The highest BCUT2D eigenvalue weighted by Crippen LogP contribution is 1.90. The normalized spacial score (nSPS) is 12.2. The van der Waals surface area contributed by atoms with Crippen molar-refractivity contribution >= 4 is 5.91 Å². The smallest absolute Gasteiger partial charge is 0.237 e. The van der Waals surface area contributed by atoms with Crippen LogP contribution in [-0.4, -0.2) is 37.5 Å².